The maximum atomic E-state index is 11.1. The van der Waals surface area contributed by atoms with Crippen molar-refractivity contribution < 1.29 is 8.42 Å². The van der Waals surface area contributed by atoms with Gasteiger partial charge >= 0.3 is 0 Å². The van der Waals surface area contributed by atoms with Gasteiger partial charge in [0.05, 0.1) is 5.75 Å². The first-order valence-corrected chi connectivity index (χ1v) is 9.27. The molecule has 0 spiro atoms. The second kappa shape index (κ2) is 7.49. The fourth-order valence-corrected chi connectivity index (χ4v) is 3.63. The Morgan fingerprint density at radius 3 is 2.78 bits per heavy atom. The van der Waals surface area contributed by atoms with Gasteiger partial charge < -0.3 is 0 Å². The van der Waals surface area contributed by atoms with Crippen molar-refractivity contribution in [3.63, 3.8) is 0 Å². The van der Waals surface area contributed by atoms with Crippen LogP contribution < -0.4 is 11.3 Å². The zero-order chi connectivity index (χ0) is 13.6. The molecule has 1 unspecified atom stereocenters. The molecule has 0 saturated carbocycles. The Morgan fingerprint density at radius 1 is 1.50 bits per heavy atom. The van der Waals surface area contributed by atoms with Gasteiger partial charge in [0, 0.05) is 27.4 Å². The number of nitrogens with two attached hydrogens (primary N) is 1. The molecule has 1 atom stereocenters. The van der Waals surface area contributed by atoms with E-state index in [1.165, 1.54) is 6.26 Å². The van der Waals surface area contributed by atoms with Gasteiger partial charge in [0.15, 0.2) is 0 Å². The number of hydrazine groups is 1. The largest absolute Gasteiger partial charge is 0.271 e. The van der Waals surface area contributed by atoms with Crippen molar-refractivity contribution in [2.45, 2.75) is 17.4 Å². The maximum absolute atomic E-state index is 11.1. The van der Waals surface area contributed by atoms with E-state index in [1.54, 1.807) is 11.8 Å². The summed E-state index contributed by atoms with van der Waals surface area (Å²) >= 11 is 5.06. The highest BCUT2D eigenvalue weighted by Crippen LogP contribution is 2.22. The highest BCUT2D eigenvalue weighted by molar-refractivity contribution is 9.10. The van der Waals surface area contributed by atoms with Gasteiger partial charge in [-0.05, 0) is 24.6 Å². The van der Waals surface area contributed by atoms with Crippen LogP contribution in [0.5, 0.6) is 0 Å². The van der Waals surface area contributed by atoms with Crippen LogP contribution in [-0.4, -0.2) is 32.2 Å². The van der Waals surface area contributed by atoms with Crippen molar-refractivity contribution in [3.8, 4) is 0 Å². The maximum Gasteiger partial charge on any atom is 0.147 e. The monoisotopic (exact) mass is 352 g/mol. The van der Waals surface area contributed by atoms with E-state index in [1.807, 2.05) is 24.3 Å². The molecule has 1 rings (SSSR count). The summed E-state index contributed by atoms with van der Waals surface area (Å²) in [4.78, 5) is 1.13. The number of halogens is 1. The molecule has 7 heteroatoms. The molecule has 18 heavy (non-hydrogen) atoms. The third-order valence-electron chi connectivity index (χ3n) is 2.32. The van der Waals surface area contributed by atoms with Gasteiger partial charge in [0.2, 0.25) is 0 Å². The summed E-state index contributed by atoms with van der Waals surface area (Å²) in [5.74, 6) is 6.32. The highest BCUT2D eigenvalue weighted by Gasteiger charge is 2.11. The van der Waals surface area contributed by atoms with E-state index in [9.17, 15) is 8.42 Å². The molecule has 3 N–H and O–H groups in total. The van der Waals surface area contributed by atoms with Crippen LogP contribution >= 0.6 is 27.7 Å². The van der Waals surface area contributed by atoms with Gasteiger partial charge in [-0.3, -0.25) is 11.3 Å². The lowest BCUT2D eigenvalue weighted by Crippen LogP contribution is -2.38. The fraction of sp³-hybridized carbons (Fsp3) is 0.455. The second-order valence-electron chi connectivity index (χ2n) is 4.05. The molecule has 0 aliphatic rings. The Balaban J connectivity index is 2.44. The molecule has 0 heterocycles. The Hall–Kier alpha value is -0.0800. The van der Waals surface area contributed by atoms with E-state index in [-0.39, 0.29) is 11.8 Å². The van der Waals surface area contributed by atoms with E-state index in [0.29, 0.717) is 6.42 Å². The Bertz CT molecular complexity index is 480. The van der Waals surface area contributed by atoms with Crippen molar-refractivity contribution in [3.05, 3.63) is 28.7 Å². The molecule has 4 nitrogen and oxygen atoms in total. The summed E-state index contributed by atoms with van der Waals surface area (Å²) < 4.78 is 23.2. The molecule has 0 bridgehead atoms. The van der Waals surface area contributed by atoms with Crippen LogP contribution in [0.4, 0.5) is 0 Å². The van der Waals surface area contributed by atoms with E-state index < -0.39 is 9.84 Å². The van der Waals surface area contributed by atoms with Gasteiger partial charge in [0.1, 0.15) is 9.84 Å². The van der Waals surface area contributed by atoms with Gasteiger partial charge in [-0.25, -0.2) is 8.42 Å². The third-order valence-corrected chi connectivity index (χ3v) is 4.95. The first-order valence-electron chi connectivity index (χ1n) is 5.43. The predicted molar refractivity (Wildman–Crippen MR) is 80.3 cm³/mol. The number of thioether (sulfide) groups is 1. The molecule has 0 amide bonds. The average Bonchev–Trinajstić information content (AvgIpc) is 2.28. The minimum Gasteiger partial charge on any atom is -0.271 e. The molecule has 0 aromatic heterocycles. The molecule has 102 valence electrons. The van der Waals surface area contributed by atoms with Crippen molar-refractivity contribution in [2.24, 2.45) is 5.84 Å². The number of sulfone groups is 1. The van der Waals surface area contributed by atoms with Crippen molar-refractivity contribution in [1.82, 2.24) is 5.43 Å². The zero-order valence-corrected chi connectivity index (χ0v) is 13.3. The Morgan fingerprint density at radius 2 is 2.22 bits per heavy atom. The lowest BCUT2D eigenvalue weighted by molar-refractivity contribution is 0.550. The quantitative estimate of drug-likeness (QED) is 0.444. The average molecular weight is 353 g/mol. The zero-order valence-electron chi connectivity index (χ0n) is 10.1. The number of hydrogen-bond donors (Lipinski definition) is 2. The summed E-state index contributed by atoms with van der Waals surface area (Å²) in [6, 6.07) is 7.96. The lowest BCUT2D eigenvalue weighted by atomic mass is 10.3. The van der Waals surface area contributed by atoms with E-state index >= 15 is 0 Å². The summed E-state index contributed by atoms with van der Waals surface area (Å²) in [6.07, 6.45) is 1.76. The Kier molecular flexibility index (Phi) is 6.65. The van der Waals surface area contributed by atoms with Crippen molar-refractivity contribution in [1.29, 1.82) is 0 Å². The number of nitrogens with one attached hydrogen (secondary N) is 1. The molecular weight excluding hydrogens is 336 g/mol. The van der Waals surface area contributed by atoms with Crippen molar-refractivity contribution >= 4 is 37.5 Å². The molecule has 0 radical (unpaired) electrons. The molecule has 0 fully saturated rings. The molecule has 1 aromatic rings. The first-order chi connectivity index (χ1) is 8.40. The number of hydrogen-bond acceptors (Lipinski definition) is 5. The summed E-state index contributed by atoms with van der Waals surface area (Å²) in [5, 5.41) is 0. The van der Waals surface area contributed by atoms with Crippen LogP contribution in [0.15, 0.2) is 33.6 Å². The number of rotatable bonds is 7. The molecule has 0 aliphatic carbocycles. The minimum absolute atomic E-state index is 0.0105. The summed E-state index contributed by atoms with van der Waals surface area (Å²) in [5.41, 5.74) is 2.66. The predicted octanol–water partition coefficient (Wildman–Crippen LogP) is 1.81. The molecule has 1 aromatic carbocycles. The summed E-state index contributed by atoms with van der Waals surface area (Å²) in [7, 11) is -2.93. The normalized spacial score (nSPS) is 13.5. The van der Waals surface area contributed by atoms with E-state index in [0.717, 1.165) is 15.1 Å². The standard InChI is InChI=1S/C11H17BrN2O2S2/c1-18(15,16)6-5-10(14-13)8-17-11-4-2-3-9(12)7-11/h2-4,7,10,14H,5-6,8,13H2,1H3. The second-order valence-corrected chi connectivity index (χ2v) is 8.32. The number of benzene rings is 1. The van der Waals surface area contributed by atoms with Gasteiger partial charge in [-0.2, -0.15) is 0 Å². The van der Waals surface area contributed by atoms with E-state index in [4.69, 9.17) is 5.84 Å². The highest BCUT2D eigenvalue weighted by atomic mass is 79.9. The smallest absolute Gasteiger partial charge is 0.147 e. The van der Waals surface area contributed by atoms with Gasteiger partial charge in [0.25, 0.3) is 0 Å². The third kappa shape index (κ3) is 6.75. The van der Waals surface area contributed by atoms with Crippen LogP contribution in [0.1, 0.15) is 6.42 Å². The minimum atomic E-state index is -2.93. The fourth-order valence-electron chi connectivity index (χ4n) is 1.32. The van der Waals surface area contributed by atoms with Crippen LogP contribution in [0.3, 0.4) is 0 Å². The summed E-state index contributed by atoms with van der Waals surface area (Å²) in [6.45, 7) is 0. The topological polar surface area (TPSA) is 72.2 Å². The molecular formula is C11H17BrN2O2S2. The van der Waals surface area contributed by atoms with Crippen LogP contribution in [-0.2, 0) is 9.84 Å². The molecule has 0 aliphatic heterocycles. The Labute approximate surface area is 121 Å². The lowest BCUT2D eigenvalue weighted by Gasteiger charge is -2.14. The first kappa shape index (κ1) is 16.0. The van der Waals surface area contributed by atoms with Crippen LogP contribution in [0.2, 0.25) is 0 Å². The van der Waals surface area contributed by atoms with E-state index in [2.05, 4.69) is 21.4 Å². The van der Waals surface area contributed by atoms with Gasteiger partial charge in [-0.1, -0.05) is 22.0 Å². The van der Waals surface area contributed by atoms with Gasteiger partial charge in [-0.15, -0.1) is 11.8 Å². The molecule has 0 saturated heterocycles. The SMILES string of the molecule is CS(=O)(=O)CCC(CSc1cccc(Br)c1)NN. The van der Waals surface area contributed by atoms with Crippen LogP contribution in [0, 0.1) is 0 Å². The van der Waals surface area contributed by atoms with Crippen LogP contribution in [0.25, 0.3) is 0 Å². The van der Waals surface area contributed by atoms with Crippen molar-refractivity contribution in [2.75, 3.05) is 17.8 Å².